The molecule has 2 saturated heterocycles. The number of carbonyl (C=O) groups is 1. The Balaban J connectivity index is 1.40. The minimum atomic E-state index is -0.152. The van der Waals surface area contributed by atoms with Crippen molar-refractivity contribution in [1.82, 2.24) is 4.57 Å². The highest BCUT2D eigenvalue weighted by molar-refractivity contribution is 5.78. The first-order chi connectivity index (χ1) is 15.5. The number of fused-ring (bicyclic) bond motifs is 3. The van der Waals surface area contributed by atoms with Gasteiger partial charge >= 0.3 is 5.97 Å². The van der Waals surface area contributed by atoms with Crippen LogP contribution in [-0.4, -0.2) is 63.3 Å². The molecule has 0 spiro atoms. The largest absolute Gasteiger partial charge is 0.476 e. The summed E-state index contributed by atoms with van der Waals surface area (Å²) in [4.78, 5) is 26.6. The minimum absolute atomic E-state index is 0.0346. The molecule has 5 rings (SSSR count). The van der Waals surface area contributed by atoms with Crippen molar-refractivity contribution in [2.24, 2.45) is 5.92 Å². The summed E-state index contributed by atoms with van der Waals surface area (Å²) in [5.74, 6) is 0.361. The van der Waals surface area contributed by atoms with Crippen LogP contribution >= 0.6 is 0 Å². The highest BCUT2D eigenvalue weighted by Gasteiger charge is 2.34. The first-order valence-corrected chi connectivity index (χ1v) is 11.1. The van der Waals surface area contributed by atoms with Crippen LogP contribution in [0.25, 0.3) is 11.3 Å². The molecule has 0 bridgehead atoms. The maximum Gasteiger partial charge on any atom is 0.312 e. The fourth-order valence-electron chi connectivity index (χ4n) is 4.68. The van der Waals surface area contributed by atoms with Crippen LogP contribution in [0, 0.1) is 12.8 Å². The highest BCUT2D eigenvalue weighted by atomic mass is 16.6. The molecule has 32 heavy (non-hydrogen) atoms. The first kappa shape index (κ1) is 21.0. The van der Waals surface area contributed by atoms with Crippen molar-refractivity contribution in [3.05, 3.63) is 45.6 Å². The summed E-state index contributed by atoms with van der Waals surface area (Å²) in [6.07, 6.45) is 0.715. The Kier molecular flexibility index (Phi) is 5.65. The molecule has 2 fully saturated rings. The molecule has 8 nitrogen and oxygen atoms in total. The molecule has 8 heteroatoms. The maximum absolute atomic E-state index is 12.7. The Labute approximate surface area is 186 Å². The van der Waals surface area contributed by atoms with Crippen molar-refractivity contribution < 1.29 is 23.7 Å². The number of benzene rings is 1. The fourth-order valence-corrected chi connectivity index (χ4v) is 4.68. The van der Waals surface area contributed by atoms with E-state index in [9.17, 15) is 9.59 Å². The van der Waals surface area contributed by atoms with Gasteiger partial charge < -0.3 is 28.4 Å². The summed E-state index contributed by atoms with van der Waals surface area (Å²) in [5.41, 5.74) is 4.96. The second kappa shape index (κ2) is 8.60. The molecule has 3 aliphatic heterocycles. The molecule has 1 atom stereocenters. The van der Waals surface area contributed by atoms with Gasteiger partial charge in [0.25, 0.3) is 0 Å². The van der Waals surface area contributed by atoms with Crippen molar-refractivity contribution in [2.75, 3.05) is 51.5 Å². The number of hydrogen-bond donors (Lipinski definition) is 0. The van der Waals surface area contributed by atoms with Gasteiger partial charge in [-0.05, 0) is 31.0 Å². The van der Waals surface area contributed by atoms with Gasteiger partial charge in [0.1, 0.15) is 12.7 Å². The molecule has 2 aromatic rings. The van der Waals surface area contributed by atoms with Crippen LogP contribution in [-0.2, 0) is 32.0 Å². The van der Waals surface area contributed by atoms with Gasteiger partial charge in [-0.1, -0.05) is 6.07 Å². The molecular weight excluding hydrogens is 412 g/mol. The lowest BCUT2D eigenvalue weighted by Gasteiger charge is -2.40. The Morgan fingerprint density at radius 3 is 2.81 bits per heavy atom. The number of methoxy groups -OCH3 is 1. The van der Waals surface area contributed by atoms with Gasteiger partial charge in [-0.25, -0.2) is 0 Å². The second-order valence-corrected chi connectivity index (χ2v) is 8.57. The third kappa shape index (κ3) is 3.78. The third-order valence-corrected chi connectivity index (χ3v) is 6.55. The number of ether oxygens (including phenoxy) is 4. The van der Waals surface area contributed by atoms with Crippen molar-refractivity contribution >= 4 is 11.7 Å². The van der Waals surface area contributed by atoms with Gasteiger partial charge in [0.15, 0.2) is 11.3 Å². The van der Waals surface area contributed by atoms with Gasteiger partial charge in [-0.15, -0.1) is 0 Å². The second-order valence-electron chi connectivity index (χ2n) is 8.57. The predicted molar refractivity (Wildman–Crippen MR) is 118 cm³/mol. The van der Waals surface area contributed by atoms with E-state index in [0.29, 0.717) is 45.4 Å². The van der Waals surface area contributed by atoms with Crippen molar-refractivity contribution in [3.63, 3.8) is 0 Å². The molecule has 0 saturated carbocycles. The predicted octanol–water partition coefficient (Wildman–Crippen LogP) is 1.78. The number of aryl methyl sites for hydroxylation is 1. The zero-order valence-corrected chi connectivity index (χ0v) is 18.5. The third-order valence-electron chi connectivity index (χ3n) is 6.55. The average molecular weight is 440 g/mol. The van der Waals surface area contributed by atoms with E-state index in [1.807, 2.05) is 6.92 Å². The summed E-state index contributed by atoms with van der Waals surface area (Å²) in [6.45, 7) is 5.97. The molecule has 1 aromatic carbocycles. The molecule has 0 unspecified atom stereocenters. The number of hydrogen-bond acceptors (Lipinski definition) is 7. The number of esters is 1. The minimum Gasteiger partial charge on any atom is -0.476 e. The quantitative estimate of drug-likeness (QED) is 0.656. The van der Waals surface area contributed by atoms with E-state index in [1.165, 1.54) is 12.7 Å². The number of aromatic nitrogens is 1. The molecule has 4 heterocycles. The van der Waals surface area contributed by atoms with Crippen LogP contribution in [0.5, 0.6) is 5.88 Å². The molecular formula is C24H28N2O6. The molecule has 170 valence electrons. The zero-order valence-electron chi connectivity index (χ0n) is 18.5. The highest BCUT2D eigenvalue weighted by Crippen LogP contribution is 2.37. The fraction of sp³-hybridized carbons (Fsp3) is 0.500. The average Bonchev–Trinajstić information content (AvgIpc) is 2.79. The van der Waals surface area contributed by atoms with E-state index in [-0.39, 0.29) is 23.4 Å². The monoisotopic (exact) mass is 440 g/mol. The number of carbonyl (C=O) groups excluding carboxylic acids is 1. The van der Waals surface area contributed by atoms with Gasteiger partial charge in [0.2, 0.25) is 0 Å². The molecule has 0 aliphatic carbocycles. The van der Waals surface area contributed by atoms with Crippen LogP contribution < -0.4 is 15.1 Å². The number of pyridine rings is 1. The van der Waals surface area contributed by atoms with Crippen LogP contribution in [0.2, 0.25) is 0 Å². The number of rotatable bonds is 5. The van der Waals surface area contributed by atoms with Crippen LogP contribution in [0.4, 0.5) is 5.69 Å². The normalized spacial score (nSPS) is 20.2. The van der Waals surface area contributed by atoms with E-state index in [1.54, 1.807) is 6.07 Å². The Morgan fingerprint density at radius 2 is 2.06 bits per heavy atom. The SMILES string of the molecule is COC(=O)C1CN(c2ccc3c(c2)CCn2c(OC[C@@H]4COCCO4)cc(=O)c(C)c2-3)C1. The van der Waals surface area contributed by atoms with Gasteiger partial charge in [-0.2, -0.15) is 0 Å². The standard InChI is InChI=1S/C24H28N2O6/c1-15-21(27)10-22(32-14-19-13-30-7-8-31-19)26-6-5-16-9-18(3-4-20(16)23(15)26)25-11-17(12-25)24(28)29-2/h3-4,9-10,17,19H,5-8,11-14H2,1-2H3/t19-/m0/s1. The van der Waals surface area contributed by atoms with Crippen LogP contribution in [0.1, 0.15) is 11.1 Å². The summed E-state index contributed by atoms with van der Waals surface area (Å²) >= 11 is 0. The van der Waals surface area contributed by atoms with Crippen molar-refractivity contribution in [2.45, 2.75) is 26.0 Å². The summed E-state index contributed by atoms with van der Waals surface area (Å²) < 4.78 is 24.1. The van der Waals surface area contributed by atoms with E-state index in [2.05, 4.69) is 27.7 Å². The van der Waals surface area contributed by atoms with Gasteiger partial charge in [0.05, 0.1) is 38.5 Å². The van der Waals surface area contributed by atoms with E-state index >= 15 is 0 Å². The summed E-state index contributed by atoms with van der Waals surface area (Å²) in [7, 11) is 1.43. The first-order valence-electron chi connectivity index (χ1n) is 11.1. The van der Waals surface area contributed by atoms with Crippen molar-refractivity contribution in [1.29, 1.82) is 0 Å². The lowest BCUT2D eigenvalue weighted by atomic mass is 9.92. The Hall–Kier alpha value is -2.84. The molecule has 1 aromatic heterocycles. The lowest BCUT2D eigenvalue weighted by Crippen LogP contribution is -2.50. The molecule has 0 amide bonds. The van der Waals surface area contributed by atoms with E-state index in [0.717, 1.165) is 35.5 Å². The number of nitrogens with zero attached hydrogens (tertiary/aromatic N) is 2. The van der Waals surface area contributed by atoms with E-state index < -0.39 is 0 Å². The molecule has 0 N–H and O–H groups in total. The smallest absolute Gasteiger partial charge is 0.312 e. The number of anilines is 1. The van der Waals surface area contributed by atoms with Crippen molar-refractivity contribution in [3.8, 4) is 17.1 Å². The Morgan fingerprint density at radius 1 is 1.22 bits per heavy atom. The van der Waals surface area contributed by atoms with E-state index in [4.69, 9.17) is 18.9 Å². The van der Waals surface area contributed by atoms with Crippen LogP contribution in [0.15, 0.2) is 29.1 Å². The zero-order chi connectivity index (χ0) is 22.2. The summed E-state index contributed by atoms with van der Waals surface area (Å²) in [5, 5.41) is 0. The van der Waals surface area contributed by atoms with Gasteiger partial charge in [-0.3, -0.25) is 9.59 Å². The lowest BCUT2D eigenvalue weighted by molar-refractivity contribution is -0.146. The maximum atomic E-state index is 12.7. The molecule has 3 aliphatic rings. The summed E-state index contributed by atoms with van der Waals surface area (Å²) in [6, 6.07) is 7.90. The Bertz CT molecular complexity index is 1080. The topological polar surface area (TPSA) is 79.2 Å². The van der Waals surface area contributed by atoms with Crippen LogP contribution in [0.3, 0.4) is 0 Å². The molecule has 0 radical (unpaired) electrons. The van der Waals surface area contributed by atoms with Gasteiger partial charge in [0, 0.05) is 42.5 Å².